The van der Waals surface area contributed by atoms with E-state index in [1.165, 1.54) is 38.5 Å². The van der Waals surface area contributed by atoms with Crippen LogP contribution in [0.15, 0.2) is 23.2 Å². The third-order valence-corrected chi connectivity index (χ3v) is 4.84. The number of ether oxygens (including phenoxy) is 1. The summed E-state index contributed by atoms with van der Waals surface area (Å²) in [4.78, 5) is 4.31. The Balaban J connectivity index is 0.00000312. The SMILES string of the molecule is CCCC1CCC(NC(=NC)NCc2cc(OC)ccc2O)CC1.I. The molecule has 0 bridgehead atoms. The first-order valence-corrected chi connectivity index (χ1v) is 8.99. The molecule has 0 aromatic heterocycles. The highest BCUT2D eigenvalue weighted by Gasteiger charge is 2.21. The predicted molar refractivity (Wildman–Crippen MR) is 114 cm³/mol. The number of nitrogens with one attached hydrogen (secondary N) is 2. The van der Waals surface area contributed by atoms with E-state index in [2.05, 4.69) is 22.5 Å². The third-order valence-electron chi connectivity index (χ3n) is 4.84. The minimum atomic E-state index is 0. The highest BCUT2D eigenvalue weighted by atomic mass is 127. The van der Waals surface area contributed by atoms with Crippen molar-refractivity contribution in [2.24, 2.45) is 10.9 Å². The summed E-state index contributed by atoms with van der Waals surface area (Å²) < 4.78 is 5.21. The molecule has 1 aromatic carbocycles. The molecule has 0 aliphatic heterocycles. The summed E-state index contributed by atoms with van der Waals surface area (Å²) in [6, 6.07) is 5.73. The van der Waals surface area contributed by atoms with Crippen LogP contribution in [0.25, 0.3) is 0 Å². The number of nitrogens with zero attached hydrogens (tertiary/aromatic N) is 1. The molecule has 0 spiro atoms. The highest BCUT2D eigenvalue weighted by molar-refractivity contribution is 14.0. The molecule has 6 heteroatoms. The summed E-state index contributed by atoms with van der Waals surface area (Å²) in [6.07, 6.45) is 7.66. The molecular weight excluding hydrogens is 429 g/mol. The van der Waals surface area contributed by atoms with Gasteiger partial charge >= 0.3 is 0 Å². The molecular formula is C19H32IN3O2. The van der Waals surface area contributed by atoms with Crippen LogP contribution in [0.5, 0.6) is 11.5 Å². The van der Waals surface area contributed by atoms with Crippen LogP contribution in [-0.4, -0.2) is 31.3 Å². The Morgan fingerprint density at radius 1 is 1.28 bits per heavy atom. The lowest BCUT2D eigenvalue weighted by atomic mass is 9.83. The molecule has 3 N–H and O–H groups in total. The fraction of sp³-hybridized carbons (Fsp3) is 0.632. The minimum absolute atomic E-state index is 0. The van der Waals surface area contributed by atoms with Crippen molar-refractivity contribution in [1.29, 1.82) is 0 Å². The molecule has 0 amide bonds. The van der Waals surface area contributed by atoms with Crippen molar-refractivity contribution in [2.75, 3.05) is 14.2 Å². The maximum absolute atomic E-state index is 9.96. The number of hydrogen-bond acceptors (Lipinski definition) is 3. The first-order valence-electron chi connectivity index (χ1n) is 8.99. The molecule has 0 heterocycles. The first kappa shape index (κ1) is 21.9. The number of rotatable bonds is 6. The van der Waals surface area contributed by atoms with Gasteiger partial charge in [0.25, 0.3) is 0 Å². The van der Waals surface area contributed by atoms with Gasteiger partial charge in [-0.25, -0.2) is 0 Å². The standard InChI is InChI=1S/C19H31N3O2.HI/c1-4-5-14-6-8-16(9-7-14)22-19(20-2)21-13-15-12-17(24-3)10-11-18(15)23;/h10-12,14,16,23H,4-9,13H2,1-3H3,(H2,20,21,22);1H. The van der Waals surface area contributed by atoms with Crippen molar-refractivity contribution >= 4 is 29.9 Å². The van der Waals surface area contributed by atoms with E-state index in [9.17, 15) is 5.11 Å². The molecule has 1 saturated carbocycles. The van der Waals surface area contributed by atoms with Gasteiger partial charge in [0.05, 0.1) is 7.11 Å². The van der Waals surface area contributed by atoms with E-state index < -0.39 is 0 Å². The topological polar surface area (TPSA) is 65.9 Å². The molecule has 1 aliphatic carbocycles. The fourth-order valence-corrected chi connectivity index (χ4v) is 3.40. The van der Waals surface area contributed by atoms with Crippen molar-refractivity contribution in [3.63, 3.8) is 0 Å². The number of hydrogen-bond donors (Lipinski definition) is 3. The summed E-state index contributed by atoms with van der Waals surface area (Å²) in [7, 11) is 3.41. The average molecular weight is 461 g/mol. The number of methoxy groups -OCH3 is 1. The highest BCUT2D eigenvalue weighted by Crippen LogP contribution is 2.27. The summed E-state index contributed by atoms with van der Waals surface area (Å²) in [6.45, 7) is 2.78. The van der Waals surface area contributed by atoms with E-state index in [0.717, 1.165) is 23.2 Å². The van der Waals surface area contributed by atoms with Crippen molar-refractivity contribution in [3.8, 4) is 11.5 Å². The predicted octanol–water partition coefficient (Wildman–Crippen LogP) is 4.04. The number of benzene rings is 1. The molecule has 1 aromatic rings. The van der Waals surface area contributed by atoms with Crippen LogP contribution in [0.4, 0.5) is 0 Å². The van der Waals surface area contributed by atoms with Crippen molar-refractivity contribution in [2.45, 2.75) is 58.0 Å². The van der Waals surface area contributed by atoms with Crippen LogP contribution < -0.4 is 15.4 Å². The third kappa shape index (κ3) is 6.92. The molecule has 1 aliphatic rings. The second kappa shape index (κ2) is 11.4. The molecule has 0 saturated heterocycles. The number of aromatic hydroxyl groups is 1. The lowest BCUT2D eigenvalue weighted by Crippen LogP contribution is -2.44. The monoisotopic (exact) mass is 461 g/mol. The van der Waals surface area contributed by atoms with Crippen molar-refractivity contribution in [1.82, 2.24) is 10.6 Å². The van der Waals surface area contributed by atoms with Crippen molar-refractivity contribution in [3.05, 3.63) is 23.8 Å². The largest absolute Gasteiger partial charge is 0.508 e. The molecule has 1 fully saturated rings. The van der Waals surface area contributed by atoms with Gasteiger partial charge in [0.1, 0.15) is 11.5 Å². The van der Waals surface area contributed by atoms with Crippen LogP contribution in [0, 0.1) is 5.92 Å². The Hall–Kier alpha value is -1.18. The summed E-state index contributed by atoms with van der Waals surface area (Å²) in [5.41, 5.74) is 0.795. The summed E-state index contributed by atoms with van der Waals surface area (Å²) in [5, 5.41) is 16.8. The summed E-state index contributed by atoms with van der Waals surface area (Å²) in [5.74, 6) is 2.69. The molecule has 5 nitrogen and oxygen atoms in total. The Kier molecular flexibility index (Phi) is 10.0. The van der Waals surface area contributed by atoms with Gasteiger partial charge in [-0.05, 0) is 49.8 Å². The van der Waals surface area contributed by atoms with Gasteiger partial charge in [-0.15, -0.1) is 24.0 Å². The molecule has 142 valence electrons. The maximum Gasteiger partial charge on any atom is 0.191 e. The van der Waals surface area contributed by atoms with Gasteiger partial charge in [-0.1, -0.05) is 19.8 Å². The van der Waals surface area contributed by atoms with Gasteiger partial charge in [0.15, 0.2) is 5.96 Å². The first-order chi connectivity index (χ1) is 11.7. The lowest BCUT2D eigenvalue weighted by Gasteiger charge is -2.30. The Labute approximate surface area is 168 Å². The van der Waals surface area contributed by atoms with Gasteiger partial charge in [0, 0.05) is 25.2 Å². The molecule has 0 radical (unpaired) electrons. The van der Waals surface area contributed by atoms with Gasteiger partial charge in [0.2, 0.25) is 0 Å². The number of halogens is 1. The molecule has 2 rings (SSSR count). The Morgan fingerprint density at radius 2 is 2.00 bits per heavy atom. The van der Waals surface area contributed by atoms with Crippen LogP contribution >= 0.6 is 24.0 Å². The number of phenolic OH excluding ortho intramolecular Hbond substituents is 1. The normalized spacial score (nSPS) is 20.5. The van der Waals surface area contributed by atoms with Gasteiger partial charge in [-0.3, -0.25) is 4.99 Å². The number of guanidine groups is 1. The van der Waals surface area contributed by atoms with E-state index in [1.54, 1.807) is 26.3 Å². The van der Waals surface area contributed by atoms with Crippen LogP contribution in [-0.2, 0) is 6.54 Å². The van der Waals surface area contributed by atoms with E-state index in [4.69, 9.17) is 4.74 Å². The van der Waals surface area contributed by atoms with Gasteiger partial charge < -0.3 is 20.5 Å². The zero-order valence-corrected chi connectivity index (χ0v) is 17.9. The second-order valence-electron chi connectivity index (χ2n) is 6.57. The number of aliphatic imine (C=N–C) groups is 1. The number of phenols is 1. The average Bonchev–Trinajstić information content (AvgIpc) is 2.61. The molecule has 0 atom stereocenters. The Morgan fingerprint density at radius 3 is 2.60 bits per heavy atom. The van der Waals surface area contributed by atoms with Crippen LogP contribution in [0.1, 0.15) is 51.0 Å². The zero-order valence-electron chi connectivity index (χ0n) is 15.5. The van der Waals surface area contributed by atoms with E-state index in [1.807, 2.05) is 6.07 Å². The van der Waals surface area contributed by atoms with E-state index in [-0.39, 0.29) is 29.7 Å². The smallest absolute Gasteiger partial charge is 0.191 e. The second-order valence-corrected chi connectivity index (χ2v) is 6.57. The molecule has 0 unspecified atom stereocenters. The van der Waals surface area contributed by atoms with Crippen LogP contribution in [0.3, 0.4) is 0 Å². The van der Waals surface area contributed by atoms with E-state index in [0.29, 0.717) is 12.6 Å². The quantitative estimate of drug-likeness (QED) is 0.340. The van der Waals surface area contributed by atoms with Gasteiger partial charge in [-0.2, -0.15) is 0 Å². The maximum atomic E-state index is 9.96. The van der Waals surface area contributed by atoms with Crippen LogP contribution in [0.2, 0.25) is 0 Å². The lowest BCUT2D eigenvalue weighted by molar-refractivity contribution is 0.295. The minimum Gasteiger partial charge on any atom is -0.508 e. The summed E-state index contributed by atoms with van der Waals surface area (Å²) >= 11 is 0. The zero-order chi connectivity index (χ0) is 17.4. The molecule has 25 heavy (non-hydrogen) atoms. The fourth-order valence-electron chi connectivity index (χ4n) is 3.40. The van der Waals surface area contributed by atoms with E-state index >= 15 is 0 Å². The van der Waals surface area contributed by atoms with Crippen molar-refractivity contribution < 1.29 is 9.84 Å². The Bertz CT molecular complexity index is 543.